The maximum Gasteiger partial charge on any atom is 0.356 e. The molecule has 0 aliphatic rings. The first-order chi connectivity index (χ1) is 14.5. The second-order valence-electron chi connectivity index (χ2n) is 6.65. The number of methoxy groups -OCH3 is 2. The predicted octanol–water partition coefficient (Wildman–Crippen LogP) is 4.25. The van der Waals surface area contributed by atoms with Crippen molar-refractivity contribution in [2.75, 3.05) is 14.2 Å². The van der Waals surface area contributed by atoms with Gasteiger partial charge < -0.3 is 19.6 Å². The molecule has 4 rings (SSSR count). The van der Waals surface area contributed by atoms with Crippen LogP contribution in [0.5, 0.6) is 5.75 Å². The van der Waals surface area contributed by atoms with Crippen LogP contribution in [0, 0.1) is 5.82 Å². The van der Waals surface area contributed by atoms with Crippen LogP contribution in [0.1, 0.15) is 27.8 Å². The first-order valence-electron chi connectivity index (χ1n) is 9.21. The lowest BCUT2D eigenvalue weighted by Crippen LogP contribution is -2.09. The molecule has 0 amide bonds. The van der Waals surface area contributed by atoms with Crippen molar-refractivity contribution in [3.8, 4) is 17.0 Å². The van der Waals surface area contributed by atoms with E-state index >= 15 is 0 Å². The highest BCUT2D eigenvalue weighted by Crippen LogP contribution is 2.39. The van der Waals surface area contributed by atoms with Gasteiger partial charge in [0.1, 0.15) is 11.8 Å². The van der Waals surface area contributed by atoms with Crippen molar-refractivity contribution in [2.24, 2.45) is 0 Å². The summed E-state index contributed by atoms with van der Waals surface area (Å²) in [4.78, 5) is 19.3. The number of pyridine rings is 1. The number of esters is 1. The van der Waals surface area contributed by atoms with Gasteiger partial charge in [-0.1, -0.05) is 36.4 Å². The van der Waals surface area contributed by atoms with Gasteiger partial charge in [-0.3, -0.25) is 0 Å². The zero-order valence-corrected chi connectivity index (χ0v) is 16.3. The van der Waals surface area contributed by atoms with E-state index in [4.69, 9.17) is 9.47 Å². The third-order valence-corrected chi connectivity index (χ3v) is 4.89. The molecule has 4 aromatic rings. The average Bonchev–Trinajstić information content (AvgIpc) is 3.16. The number of nitrogens with zero attached hydrogens (tertiary/aromatic N) is 1. The number of fused-ring (bicyclic) bond motifs is 1. The van der Waals surface area contributed by atoms with Crippen molar-refractivity contribution in [3.05, 3.63) is 83.4 Å². The molecule has 6 nitrogen and oxygen atoms in total. The summed E-state index contributed by atoms with van der Waals surface area (Å²) < 4.78 is 24.1. The number of carbonyl (C=O) groups is 1. The number of benzene rings is 2. The van der Waals surface area contributed by atoms with E-state index in [0.717, 1.165) is 5.56 Å². The highest BCUT2D eigenvalue weighted by molar-refractivity contribution is 5.93. The van der Waals surface area contributed by atoms with Crippen molar-refractivity contribution >= 4 is 16.9 Å². The Morgan fingerprint density at radius 2 is 1.87 bits per heavy atom. The van der Waals surface area contributed by atoms with Crippen LogP contribution in [-0.4, -0.2) is 35.3 Å². The fraction of sp³-hybridized carbons (Fsp3) is 0.130. The Hall–Kier alpha value is -3.71. The molecule has 2 N–H and O–H groups in total. The molecule has 2 heterocycles. The summed E-state index contributed by atoms with van der Waals surface area (Å²) in [6, 6.07) is 17.0. The molecule has 0 fully saturated rings. The minimum absolute atomic E-state index is 0.0610. The normalized spacial score (nSPS) is 12.0. The van der Waals surface area contributed by atoms with Crippen LogP contribution in [0.2, 0.25) is 0 Å². The quantitative estimate of drug-likeness (QED) is 0.484. The Labute approximate surface area is 171 Å². The number of aromatic amines is 1. The molecule has 152 valence electrons. The molecule has 0 bridgehead atoms. The Balaban J connectivity index is 1.95. The molecule has 0 aliphatic carbocycles. The van der Waals surface area contributed by atoms with Gasteiger partial charge in [0, 0.05) is 22.5 Å². The lowest BCUT2D eigenvalue weighted by molar-refractivity contribution is 0.0593. The predicted molar refractivity (Wildman–Crippen MR) is 110 cm³/mol. The maximum atomic E-state index is 14.3. The molecule has 1 unspecified atom stereocenters. The van der Waals surface area contributed by atoms with Crippen molar-refractivity contribution < 1.29 is 23.8 Å². The van der Waals surface area contributed by atoms with Crippen molar-refractivity contribution in [1.82, 2.24) is 9.97 Å². The van der Waals surface area contributed by atoms with Crippen LogP contribution in [0.3, 0.4) is 0 Å². The molecular formula is C23H19FN2O4. The van der Waals surface area contributed by atoms with E-state index in [-0.39, 0.29) is 17.1 Å². The minimum atomic E-state index is -1.19. The number of carbonyl (C=O) groups excluding carboxylic acids is 1. The molecule has 0 spiro atoms. The Morgan fingerprint density at radius 1 is 1.10 bits per heavy atom. The van der Waals surface area contributed by atoms with Gasteiger partial charge in [0.15, 0.2) is 11.6 Å². The molecule has 1 atom stereocenters. The van der Waals surface area contributed by atoms with Crippen molar-refractivity contribution in [3.63, 3.8) is 0 Å². The molecule has 2 aromatic heterocycles. The van der Waals surface area contributed by atoms with Gasteiger partial charge in [0.05, 0.1) is 25.6 Å². The topological polar surface area (TPSA) is 84.4 Å². The number of aliphatic hydroxyl groups is 1. The van der Waals surface area contributed by atoms with Gasteiger partial charge in [0.25, 0.3) is 0 Å². The third kappa shape index (κ3) is 3.40. The lowest BCUT2D eigenvalue weighted by atomic mass is 9.98. The van der Waals surface area contributed by atoms with E-state index in [2.05, 4.69) is 9.97 Å². The number of rotatable bonds is 5. The average molecular weight is 406 g/mol. The van der Waals surface area contributed by atoms with E-state index in [1.165, 1.54) is 32.4 Å². The number of aromatic nitrogens is 2. The summed E-state index contributed by atoms with van der Waals surface area (Å²) in [6.07, 6.45) is -1.19. The zero-order valence-electron chi connectivity index (χ0n) is 16.3. The number of ether oxygens (including phenoxy) is 2. The Bertz CT molecular complexity index is 1220. The highest BCUT2D eigenvalue weighted by atomic mass is 19.1. The van der Waals surface area contributed by atoms with Gasteiger partial charge in [-0.05, 0) is 23.8 Å². The van der Waals surface area contributed by atoms with Crippen molar-refractivity contribution in [1.29, 1.82) is 0 Å². The lowest BCUT2D eigenvalue weighted by Gasteiger charge is -2.14. The standard InChI is InChI=1S/C23H19FN2O4/c1-29-19-11-14-18(12-15(19)24)26-21(13-7-4-3-5-8-13)20(14)22(27)16-9-6-10-17(25-16)23(28)30-2/h3-12,22,26-27H,1-2H3. The fourth-order valence-electron chi connectivity index (χ4n) is 3.46. The summed E-state index contributed by atoms with van der Waals surface area (Å²) in [5.41, 5.74) is 2.79. The Kier molecular flexibility index (Phi) is 5.20. The first kappa shape index (κ1) is 19.6. The number of halogens is 1. The fourth-order valence-corrected chi connectivity index (χ4v) is 3.46. The molecule has 30 heavy (non-hydrogen) atoms. The molecule has 0 saturated heterocycles. The first-order valence-corrected chi connectivity index (χ1v) is 9.21. The summed E-state index contributed by atoms with van der Waals surface area (Å²) in [7, 11) is 2.65. The second-order valence-corrected chi connectivity index (χ2v) is 6.65. The summed E-state index contributed by atoms with van der Waals surface area (Å²) in [5.74, 6) is -1.06. The number of aliphatic hydroxyl groups excluding tert-OH is 1. The van der Waals surface area contributed by atoms with Gasteiger partial charge in [-0.25, -0.2) is 14.2 Å². The van der Waals surface area contributed by atoms with Crippen LogP contribution in [-0.2, 0) is 4.74 Å². The van der Waals surface area contributed by atoms with E-state index < -0.39 is 17.9 Å². The zero-order chi connectivity index (χ0) is 21.3. The maximum absolute atomic E-state index is 14.3. The number of H-pyrrole nitrogens is 1. The highest BCUT2D eigenvalue weighted by Gasteiger charge is 2.24. The van der Waals surface area contributed by atoms with Crippen LogP contribution in [0.25, 0.3) is 22.2 Å². The number of nitrogens with one attached hydrogen (secondary N) is 1. The van der Waals surface area contributed by atoms with Crippen LogP contribution < -0.4 is 4.74 Å². The monoisotopic (exact) mass is 406 g/mol. The molecule has 2 aromatic carbocycles. The number of hydrogen-bond acceptors (Lipinski definition) is 5. The molecule has 7 heteroatoms. The number of hydrogen-bond donors (Lipinski definition) is 2. The van der Waals surface area contributed by atoms with Gasteiger partial charge in [-0.15, -0.1) is 0 Å². The second kappa shape index (κ2) is 7.96. The van der Waals surface area contributed by atoms with Gasteiger partial charge in [-0.2, -0.15) is 0 Å². The molecule has 0 radical (unpaired) electrons. The largest absolute Gasteiger partial charge is 0.494 e. The molecular weight excluding hydrogens is 387 g/mol. The van der Waals surface area contributed by atoms with E-state index in [0.29, 0.717) is 22.2 Å². The third-order valence-electron chi connectivity index (χ3n) is 4.89. The van der Waals surface area contributed by atoms with Crippen LogP contribution >= 0.6 is 0 Å². The van der Waals surface area contributed by atoms with Crippen LogP contribution in [0.4, 0.5) is 4.39 Å². The Morgan fingerprint density at radius 3 is 2.57 bits per heavy atom. The smallest absolute Gasteiger partial charge is 0.356 e. The SMILES string of the molecule is COC(=O)c1cccc(C(O)c2c(-c3ccccc3)[nH]c3cc(F)c(OC)cc23)n1. The molecule has 0 saturated carbocycles. The summed E-state index contributed by atoms with van der Waals surface area (Å²) >= 11 is 0. The van der Waals surface area contributed by atoms with E-state index in [1.807, 2.05) is 30.3 Å². The molecule has 0 aliphatic heterocycles. The van der Waals surface area contributed by atoms with E-state index in [1.54, 1.807) is 12.1 Å². The minimum Gasteiger partial charge on any atom is -0.494 e. The van der Waals surface area contributed by atoms with Crippen molar-refractivity contribution in [2.45, 2.75) is 6.10 Å². The summed E-state index contributed by atoms with van der Waals surface area (Å²) in [5, 5.41) is 11.9. The summed E-state index contributed by atoms with van der Waals surface area (Å²) in [6.45, 7) is 0. The van der Waals surface area contributed by atoms with E-state index in [9.17, 15) is 14.3 Å². The van der Waals surface area contributed by atoms with Gasteiger partial charge >= 0.3 is 5.97 Å². The van der Waals surface area contributed by atoms with Crippen LogP contribution in [0.15, 0.2) is 60.7 Å². The van der Waals surface area contributed by atoms with Gasteiger partial charge in [0.2, 0.25) is 0 Å².